The van der Waals surface area contributed by atoms with Crippen molar-refractivity contribution in [2.75, 3.05) is 20.3 Å². The van der Waals surface area contributed by atoms with Crippen LogP contribution in [0.2, 0.25) is 5.02 Å². The van der Waals surface area contributed by atoms with E-state index in [4.69, 9.17) is 16.3 Å². The standard InChI is InChI=1S/C12H16ClNO/c1-15-8-9-5-12(14-7-9)10-3-2-4-11(13)6-10/h2-4,6,9,12,14H,5,7-8H2,1H3. The van der Waals surface area contributed by atoms with Gasteiger partial charge in [0.15, 0.2) is 0 Å². The van der Waals surface area contributed by atoms with Crippen molar-refractivity contribution in [3.63, 3.8) is 0 Å². The first-order valence-corrected chi connectivity index (χ1v) is 5.65. The van der Waals surface area contributed by atoms with Gasteiger partial charge in [-0.2, -0.15) is 0 Å². The number of methoxy groups -OCH3 is 1. The number of benzene rings is 1. The molecule has 0 saturated carbocycles. The number of rotatable bonds is 3. The molecule has 2 unspecified atom stereocenters. The largest absolute Gasteiger partial charge is 0.384 e. The van der Waals surface area contributed by atoms with Gasteiger partial charge in [-0.1, -0.05) is 23.7 Å². The summed E-state index contributed by atoms with van der Waals surface area (Å²) in [5.41, 5.74) is 1.28. The molecular weight excluding hydrogens is 210 g/mol. The van der Waals surface area contributed by atoms with Crippen LogP contribution in [0.15, 0.2) is 24.3 Å². The van der Waals surface area contributed by atoms with Gasteiger partial charge in [0.25, 0.3) is 0 Å². The highest BCUT2D eigenvalue weighted by Gasteiger charge is 2.24. The maximum atomic E-state index is 5.97. The second kappa shape index (κ2) is 4.97. The Bertz CT molecular complexity index is 329. The Morgan fingerprint density at radius 1 is 1.53 bits per heavy atom. The third-order valence-corrected chi connectivity index (χ3v) is 3.11. The minimum Gasteiger partial charge on any atom is -0.384 e. The van der Waals surface area contributed by atoms with Crippen LogP contribution in [0, 0.1) is 5.92 Å². The fourth-order valence-electron chi connectivity index (χ4n) is 2.15. The van der Waals surface area contributed by atoms with Gasteiger partial charge in [-0.05, 0) is 30.0 Å². The lowest BCUT2D eigenvalue weighted by molar-refractivity contribution is 0.159. The molecule has 0 spiro atoms. The Morgan fingerprint density at radius 2 is 2.40 bits per heavy atom. The molecule has 15 heavy (non-hydrogen) atoms. The molecule has 3 heteroatoms. The van der Waals surface area contributed by atoms with Crippen molar-refractivity contribution in [3.05, 3.63) is 34.9 Å². The van der Waals surface area contributed by atoms with Crippen molar-refractivity contribution in [1.29, 1.82) is 0 Å². The smallest absolute Gasteiger partial charge is 0.0503 e. The summed E-state index contributed by atoms with van der Waals surface area (Å²) in [6, 6.07) is 8.51. The van der Waals surface area contributed by atoms with E-state index in [2.05, 4.69) is 11.4 Å². The molecule has 1 N–H and O–H groups in total. The molecule has 1 saturated heterocycles. The van der Waals surface area contributed by atoms with Gasteiger partial charge in [-0.25, -0.2) is 0 Å². The first kappa shape index (κ1) is 10.9. The summed E-state index contributed by atoms with van der Waals surface area (Å²) in [6.07, 6.45) is 1.13. The van der Waals surface area contributed by atoms with Gasteiger partial charge in [0.1, 0.15) is 0 Å². The maximum absolute atomic E-state index is 5.97. The van der Waals surface area contributed by atoms with Crippen molar-refractivity contribution in [2.24, 2.45) is 5.92 Å². The first-order chi connectivity index (χ1) is 7.29. The normalized spacial score (nSPS) is 25.7. The van der Waals surface area contributed by atoms with Crippen LogP contribution in [0.4, 0.5) is 0 Å². The van der Waals surface area contributed by atoms with E-state index in [1.165, 1.54) is 5.56 Å². The predicted molar refractivity (Wildman–Crippen MR) is 62.2 cm³/mol. The SMILES string of the molecule is COCC1CNC(c2cccc(Cl)c2)C1. The lowest BCUT2D eigenvalue weighted by atomic mass is 10.0. The van der Waals surface area contributed by atoms with Crippen LogP contribution in [-0.2, 0) is 4.74 Å². The van der Waals surface area contributed by atoms with Crippen molar-refractivity contribution >= 4 is 11.6 Å². The Hall–Kier alpha value is -0.570. The monoisotopic (exact) mass is 225 g/mol. The van der Waals surface area contributed by atoms with E-state index in [9.17, 15) is 0 Å². The summed E-state index contributed by atoms with van der Waals surface area (Å²) in [7, 11) is 1.76. The third kappa shape index (κ3) is 2.71. The highest BCUT2D eigenvalue weighted by molar-refractivity contribution is 6.30. The molecule has 1 aromatic rings. The summed E-state index contributed by atoms with van der Waals surface area (Å²) in [4.78, 5) is 0. The predicted octanol–water partition coefficient (Wildman–Crippen LogP) is 2.64. The van der Waals surface area contributed by atoms with Crippen LogP contribution in [0.25, 0.3) is 0 Å². The zero-order chi connectivity index (χ0) is 10.7. The van der Waals surface area contributed by atoms with Crippen molar-refractivity contribution in [3.8, 4) is 0 Å². The van der Waals surface area contributed by atoms with Crippen LogP contribution in [0.1, 0.15) is 18.0 Å². The first-order valence-electron chi connectivity index (χ1n) is 5.27. The van der Waals surface area contributed by atoms with Crippen LogP contribution in [-0.4, -0.2) is 20.3 Å². The fourth-order valence-corrected chi connectivity index (χ4v) is 2.35. The van der Waals surface area contributed by atoms with Gasteiger partial charge in [0.2, 0.25) is 0 Å². The van der Waals surface area contributed by atoms with Crippen LogP contribution in [0.5, 0.6) is 0 Å². The summed E-state index contributed by atoms with van der Waals surface area (Å²) >= 11 is 5.97. The molecule has 1 aromatic carbocycles. The lowest BCUT2D eigenvalue weighted by Gasteiger charge is -2.11. The van der Waals surface area contributed by atoms with Gasteiger partial charge in [-0.3, -0.25) is 0 Å². The molecule has 2 nitrogen and oxygen atoms in total. The fraction of sp³-hybridized carbons (Fsp3) is 0.500. The topological polar surface area (TPSA) is 21.3 Å². The minimum atomic E-state index is 0.434. The summed E-state index contributed by atoms with van der Waals surface area (Å²) in [5.74, 6) is 0.624. The van der Waals surface area contributed by atoms with Crippen LogP contribution in [0.3, 0.4) is 0 Å². The van der Waals surface area contributed by atoms with Gasteiger partial charge in [-0.15, -0.1) is 0 Å². The Kier molecular flexibility index (Phi) is 3.62. The second-order valence-electron chi connectivity index (χ2n) is 4.07. The number of hydrogen-bond acceptors (Lipinski definition) is 2. The molecule has 2 atom stereocenters. The van der Waals surface area contributed by atoms with Crippen LogP contribution < -0.4 is 5.32 Å². The molecule has 1 heterocycles. The maximum Gasteiger partial charge on any atom is 0.0503 e. The summed E-state index contributed by atoms with van der Waals surface area (Å²) < 4.78 is 5.17. The van der Waals surface area contributed by atoms with E-state index in [1.807, 2.05) is 18.2 Å². The minimum absolute atomic E-state index is 0.434. The van der Waals surface area contributed by atoms with E-state index < -0.39 is 0 Å². The molecule has 0 radical (unpaired) electrons. The van der Waals surface area contributed by atoms with Gasteiger partial charge >= 0.3 is 0 Å². The molecule has 0 amide bonds. The summed E-state index contributed by atoms with van der Waals surface area (Å²) in [5, 5.41) is 4.31. The molecule has 1 aliphatic rings. The molecule has 2 rings (SSSR count). The van der Waals surface area contributed by atoms with Crippen molar-refractivity contribution in [1.82, 2.24) is 5.32 Å². The van der Waals surface area contributed by atoms with Crippen molar-refractivity contribution < 1.29 is 4.74 Å². The average molecular weight is 226 g/mol. The zero-order valence-electron chi connectivity index (χ0n) is 8.87. The number of ether oxygens (including phenoxy) is 1. The van der Waals surface area contributed by atoms with E-state index in [1.54, 1.807) is 7.11 Å². The number of nitrogens with one attached hydrogen (secondary N) is 1. The molecule has 82 valence electrons. The van der Waals surface area contributed by atoms with E-state index >= 15 is 0 Å². The third-order valence-electron chi connectivity index (χ3n) is 2.88. The molecule has 0 aliphatic carbocycles. The molecule has 1 aliphatic heterocycles. The van der Waals surface area contributed by atoms with E-state index in [0.29, 0.717) is 12.0 Å². The highest BCUT2D eigenvalue weighted by atomic mass is 35.5. The molecule has 1 fully saturated rings. The van der Waals surface area contributed by atoms with Gasteiger partial charge < -0.3 is 10.1 Å². The second-order valence-corrected chi connectivity index (χ2v) is 4.51. The highest BCUT2D eigenvalue weighted by Crippen LogP contribution is 2.28. The van der Waals surface area contributed by atoms with E-state index in [-0.39, 0.29) is 0 Å². The van der Waals surface area contributed by atoms with Crippen molar-refractivity contribution in [2.45, 2.75) is 12.5 Å². The Morgan fingerprint density at radius 3 is 3.13 bits per heavy atom. The molecule has 0 aromatic heterocycles. The quantitative estimate of drug-likeness (QED) is 0.854. The summed E-state index contributed by atoms with van der Waals surface area (Å²) in [6.45, 7) is 1.87. The Labute approximate surface area is 95.6 Å². The van der Waals surface area contributed by atoms with Crippen LogP contribution >= 0.6 is 11.6 Å². The molecular formula is C12H16ClNO. The van der Waals surface area contributed by atoms with Gasteiger partial charge in [0.05, 0.1) is 6.61 Å². The average Bonchev–Trinajstić information content (AvgIpc) is 2.67. The Balaban J connectivity index is 2.01. The lowest BCUT2D eigenvalue weighted by Crippen LogP contribution is -2.14. The molecule has 0 bridgehead atoms. The van der Waals surface area contributed by atoms with E-state index in [0.717, 1.165) is 24.6 Å². The number of hydrogen-bond donors (Lipinski definition) is 1. The number of halogens is 1. The van der Waals surface area contributed by atoms with Gasteiger partial charge in [0, 0.05) is 24.7 Å². The zero-order valence-corrected chi connectivity index (χ0v) is 9.63.